The van der Waals surface area contributed by atoms with Crippen LogP contribution in [-0.2, 0) is 16.6 Å². The first-order chi connectivity index (χ1) is 12.7. The Hall–Kier alpha value is -1.86. The van der Waals surface area contributed by atoms with Crippen molar-refractivity contribution >= 4 is 33.2 Å². The highest BCUT2D eigenvalue weighted by Gasteiger charge is 2.24. The molecule has 0 radical (unpaired) electrons. The van der Waals surface area contributed by atoms with E-state index in [1.165, 1.54) is 29.6 Å². The van der Waals surface area contributed by atoms with E-state index in [1.807, 2.05) is 48.9 Å². The Labute approximate surface area is 169 Å². The van der Waals surface area contributed by atoms with Gasteiger partial charge in [-0.1, -0.05) is 41.4 Å². The Kier molecular flexibility index (Phi) is 5.63. The monoisotopic (exact) mass is 423 g/mol. The molecule has 27 heavy (non-hydrogen) atoms. The zero-order chi connectivity index (χ0) is 19.8. The van der Waals surface area contributed by atoms with Gasteiger partial charge in [0, 0.05) is 34.9 Å². The molecule has 142 valence electrons. The third-order valence-electron chi connectivity index (χ3n) is 4.37. The molecule has 3 aromatic rings. The molecule has 0 aliphatic rings. The number of halogens is 2. The van der Waals surface area contributed by atoms with Gasteiger partial charge in [0.2, 0.25) is 10.0 Å². The van der Waals surface area contributed by atoms with E-state index in [2.05, 4.69) is 5.10 Å². The second-order valence-electron chi connectivity index (χ2n) is 6.26. The van der Waals surface area contributed by atoms with Gasteiger partial charge in [-0.2, -0.15) is 9.40 Å². The van der Waals surface area contributed by atoms with Crippen LogP contribution in [0.15, 0.2) is 53.4 Å². The smallest absolute Gasteiger partial charge is 0.238 e. The first-order valence-corrected chi connectivity index (χ1v) is 10.4. The highest BCUT2D eigenvalue weighted by molar-refractivity contribution is 7.89. The van der Waals surface area contributed by atoms with Crippen LogP contribution >= 0.6 is 23.2 Å². The molecule has 0 atom stereocenters. The Morgan fingerprint density at radius 2 is 1.63 bits per heavy atom. The van der Waals surface area contributed by atoms with Crippen molar-refractivity contribution in [3.8, 4) is 5.69 Å². The van der Waals surface area contributed by atoms with Crippen LogP contribution in [0.4, 0.5) is 0 Å². The zero-order valence-corrected chi connectivity index (χ0v) is 17.5. The minimum absolute atomic E-state index is 0.0632. The molecule has 1 heterocycles. The molecule has 0 saturated heterocycles. The van der Waals surface area contributed by atoms with Crippen molar-refractivity contribution in [2.45, 2.75) is 25.3 Å². The Bertz CT molecular complexity index is 1060. The summed E-state index contributed by atoms with van der Waals surface area (Å²) in [6, 6.07) is 14.0. The van der Waals surface area contributed by atoms with Crippen LogP contribution in [0.2, 0.25) is 10.0 Å². The second kappa shape index (κ2) is 7.64. The predicted octanol–water partition coefficient (Wildman–Crippen LogP) is 4.62. The molecule has 0 unspecified atom stereocenters. The van der Waals surface area contributed by atoms with Gasteiger partial charge in [-0.05, 0) is 44.2 Å². The number of hydrogen-bond donors (Lipinski definition) is 0. The van der Waals surface area contributed by atoms with Crippen molar-refractivity contribution in [3.05, 3.63) is 75.5 Å². The van der Waals surface area contributed by atoms with Crippen molar-refractivity contribution in [1.29, 1.82) is 0 Å². The molecular weight excluding hydrogens is 405 g/mol. The van der Waals surface area contributed by atoms with Gasteiger partial charge in [-0.15, -0.1) is 0 Å². The summed E-state index contributed by atoms with van der Waals surface area (Å²) >= 11 is 11.9. The molecule has 0 bridgehead atoms. The molecular formula is C19H19Cl2N3O2S. The summed E-state index contributed by atoms with van der Waals surface area (Å²) in [6.45, 7) is 3.99. The van der Waals surface area contributed by atoms with Gasteiger partial charge in [-0.3, -0.25) is 0 Å². The summed E-state index contributed by atoms with van der Waals surface area (Å²) in [6.07, 6.45) is 0. The highest BCUT2D eigenvalue weighted by atomic mass is 35.5. The van der Waals surface area contributed by atoms with Gasteiger partial charge in [0.05, 0.1) is 16.3 Å². The molecule has 0 spiro atoms. The number of hydrogen-bond acceptors (Lipinski definition) is 3. The predicted molar refractivity (Wildman–Crippen MR) is 108 cm³/mol. The minimum Gasteiger partial charge on any atom is -0.238 e. The molecule has 8 heteroatoms. The van der Waals surface area contributed by atoms with Crippen molar-refractivity contribution in [3.63, 3.8) is 0 Å². The van der Waals surface area contributed by atoms with Crippen LogP contribution < -0.4 is 0 Å². The Balaban J connectivity index is 1.94. The number of benzene rings is 2. The standard InChI is InChI=1S/C19H19Cl2N3O2S/c1-13-19(14(2)24(22-13)17-7-5-4-6-8-17)12-23(3)27(25,26)18-10-15(20)9-16(21)11-18/h4-11H,12H2,1-3H3. The van der Waals surface area contributed by atoms with Crippen LogP contribution in [-0.4, -0.2) is 29.6 Å². The van der Waals surface area contributed by atoms with E-state index < -0.39 is 10.0 Å². The third-order valence-corrected chi connectivity index (χ3v) is 6.58. The first kappa shape index (κ1) is 19.9. The summed E-state index contributed by atoms with van der Waals surface area (Å²) in [7, 11) is -2.21. The molecule has 0 amide bonds. The van der Waals surface area contributed by atoms with E-state index in [9.17, 15) is 8.42 Å². The van der Waals surface area contributed by atoms with Gasteiger partial charge in [0.25, 0.3) is 0 Å². The fourth-order valence-corrected chi connectivity index (χ4v) is 4.76. The van der Waals surface area contributed by atoms with E-state index >= 15 is 0 Å². The average molecular weight is 424 g/mol. The molecule has 5 nitrogen and oxygen atoms in total. The number of nitrogens with zero attached hydrogens (tertiary/aromatic N) is 3. The lowest BCUT2D eigenvalue weighted by Gasteiger charge is -2.18. The van der Waals surface area contributed by atoms with E-state index in [4.69, 9.17) is 23.2 Å². The van der Waals surface area contributed by atoms with Crippen LogP contribution in [0.5, 0.6) is 0 Å². The second-order valence-corrected chi connectivity index (χ2v) is 9.18. The van der Waals surface area contributed by atoms with E-state index in [0.29, 0.717) is 0 Å². The Morgan fingerprint density at radius 3 is 2.22 bits per heavy atom. The molecule has 0 N–H and O–H groups in total. The van der Waals surface area contributed by atoms with E-state index in [1.54, 1.807) is 0 Å². The number of para-hydroxylation sites is 1. The number of aromatic nitrogens is 2. The van der Waals surface area contributed by atoms with Gasteiger partial charge < -0.3 is 0 Å². The fraction of sp³-hybridized carbons (Fsp3) is 0.211. The molecule has 2 aromatic carbocycles. The number of rotatable bonds is 5. The van der Waals surface area contributed by atoms with Crippen molar-refractivity contribution in [1.82, 2.24) is 14.1 Å². The lowest BCUT2D eigenvalue weighted by atomic mass is 10.2. The lowest BCUT2D eigenvalue weighted by molar-refractivity contribution is 0.465. The quantitative estimate of drug-likeness (QED) is 0.601. The van der Waals surface area contributed by atoms with Gasteiger partial charge in [-0.25, -0.2) is 13.1 Å². The maximum Gasteiger partial charge on any atom is 0.243 e. The lowest BCUT2D eigenvalue weighted by Crippen LogP contribution is -2.27. The van der Waals surface area contributed by atoms with E-state index in [0.717, 1.165) is 22.6 Å². The minimum atomic E-state index is -3.74. The molecule has 0 saturated carbocycles. The number of aryl methyl sites for hydroxylation is 1. The molecule has 0 aliphatic carbocycles. The van der Waals surface area contributed by atoms with Crippen molar-refractivity contribution in [2.75, 3.05) is 7.05 Å². The molecule has 0 fully saturated rings. The largest absolute Gasteiger partial charge is 0.243 e. The summed E-state index contributed by atoms with van der Waals surface area (Å²) < 4.78 is 28.9. The van der Waals surface area contributed by atoms with E-state index in [-0.39, 0.29) is 21.5 Å². The van der Waals surface area contributed by atoms with Crippen LogP contribution in [0.1, 0.15) is 17.0 Å². The van der Waals surface area contributed by atoms with Gasteiger partial charge in [0.15, 0.2) is 0 Å². The summed E-state index contributed by atoms with van der Waals surface area (Å²) in [5.41, 5.74) is 3.46. The molecule has 3 rings (SSSR count). The summed E-state index contributed by atoms with van der Waals surface area (Å²) in [4.78, 5) is 0.0632. The zero-order valence-electron chi connectivity index (χ0n) is 15.1. The summed E-state index contributed by atoms with van der Waals surface area (Å²) in [5, 5.41) is 5.12. The maximum atomic E-state index is 12.9. The first-order valence-electron chi connectivity index (χ1n) is 8.23. The SMILES string of the molecule is Cc1nn(-c2ccccc2)c(C)c1CN(C)S(=O)(=O)c1cc(Cl)cc(Cl)c1. The van der Waals surface area contributed by atoms with Crippen LogP contribution in [0.3, 0.4) is 0 Å². The van der Waals surface area contributed by atoms with Crippen molar-refractivity contribution < 1.29 is 8.42 Å². The van der Waals surface area contributed by atoms with Gasteiger partial charge >= 0.3 is 0 Å². The summed E-state index contributed by atoms with van der Waals surface area (Å²) in [5.74, 6) is 0. The molecule has 0 aliphatic heterocycles. The third kappa shape index (κ3) is 4.04. The average Bonchev–Trinajstić information content (AvgIpc) is 2.89. The molecule has 1 aromatic heterocycles. The fourth-order valence-electron chi connectivity index (χ4n) is 2.89. The normalized spacial score (nSPS) is 11.9. The van der Waals surface area contributed by atoms with Gasteiger partial charge in [0.1, 0.15) is 0 Å². The Morgan fingerprint density at radius 1 is 1.04 bits per heavy atom. The van der Waals surface area contributed by atoms with Crippen LogP contribution in [0.25, 0.3) is 5.69 Å². The van der Waals surface area contributed by atoms with Crippen molar-refractivity contribution in [2.24, 2.45) is 0 Å². The topological polar surface area (TPSA) is 55.2 Å². The maximum absolute atomic E-state index is 12.9. The highest BCUT2D eigenvalue weighted by Crippen LogP contribution is 2.26. The number of sulfonamides is 1. The van der Waals surface area contributed by atoms with Crippen LogP contribution in [0, 0.1) is 13.8 Å².